The summed E-state index contributed by atoms with van der Waals surface area (Å²) in [7, 11) is 1.64. The highest BCUT2D eigenvalue weighted by molar-refractivity contribution is 5.78. The zero-order valence-corrected chi connectivity index (χ0v) is 12.8. The Labute approximate surface area is 126 Å². The van der Waals surface area contributed by atoms with E-state index in [0.717, 1.165) is 36.6 Å². The van der Waals surface area contributed by atoms with Crippen LogP contribution < -0.4 is 15.2 Å². The largest absolute Gasteiger partial charge is 0.493 e. The highest BCUT2D eigenvalue weighted by Gasteiger charge is 2.27. The molecule has 1 aromatic carbocycles. The first-order valence-corrected chi connectivity index (χ1v) is 7.45. The number of rotatable bonds is 7. The number of nitrogens with zero attached hydrogens (tertiary/aromatic N) is 1. The van der Waals surface area contributed by atoms with Gasteiger partial charge in [-0.3, -0.25) is 4.79 Å². The molecule has 2 rings (SSSR count). The first-order chi connectivity index (χ1) is 10.2. The third kappa shape index (κ3) is 3.88. The van der Waals surface area contributed by atoms with E-state index in [1.807, 2.05) is 30.0 Å². The molecule has 1 saturated heterocycles. The van der Waals surface area contributed by atoms with E-state index < -0.39 is 0 Å². The minimum Gasteiger partial charge on any atom is -0.493 e. The number of amides is 1. The van der Waals surface area contributed by atoms with Crippen LogP contribution in [0, 0.1) is 5.92 Å². The number of carbonyl (C=O) groups excluding carboxylic acids is 1. The molecule has 21 heavy (non-hydrogen) atoms. The van der Waals surface area contributed by atoms with Crippen LogP contribution in [0.25, 0.3) is 0 Å². The Morgan fingerprint density at radius 2 is 2.19 bits per heavy atom. The highest BCUT2D eigenvalue weighted by atomic mass is 16.5. The van der Waals surface area contributed by atoms with Gasteiger partial charge in [0.2, 0.25) is 5.91 Å². The summed E-state index contributed by atoms with van der Waals surface area (Å²) in [5, 5.41) is 0. The van der Waals surface area contributed by atoms with E-state index in [1.165, 1.54) is 0 Å². The van der Waals surface area contributed by atoms with Crippen molar-refractivity contribution >= 4 is 5.91 Å². The first kappa shape index (κ1) is 15.6. The maximum absolute atomic E-state index is 11.9. The van der Waals surface area contributed by atoms with Gasteiger partial charge in [0.15, 0.2) is 11.5 Å². The summed E-state index contributed by atoms with van der Waals surface area (Å²) in [5.74, 6) is 2.02. The second-order valence-corrected chi connectivity index (χ2v) is 5.31. The predicted octanol–water partition coefficient (Wildman–Crippen LogP) is 1.44. The number of carbonyl (C=O) groups is 1. The van der Waals surface area contributed by atoms with E-state index >= 15 is 0 Å². The molecule has 0 radical (unpaired) electrons. The Balaban J connectivity index is 1.96. The van der Waals surface area contributed by atoms with E-state index in [2.05, 4.69) is 0 Å². The van der Waals surface area contributed by atoms with E-state index in [0.29, 0.717) is 25.5 Å². The summed E-state index contributed by atoms with van der Waals surface area (Å²) in [5.41, 5.74) is 6.78. The van der Waals surface area contributed by atoms with Crippen molar-refractivity contribution in [2.24, 2.45) is 11.7 Å². The molecular formula is C16H24N2O3. The van der Waals surface area contributed by atoms with Crippen LogP contribution in [0.2, 0.25) is 0 Å². The number of likely N-dealkylation sites (tertiary alicyclic amines) is 1. The second kappa shape index (κ2) is 7.31. The molecule has 5 nitrogen and oxygen atoms in total. The quantitative estimate of drug-likeness (QED) is 0.826. The third-order valence-electron chi connectivity index (χ3n) is 3.83. The number of hydrogen-bond acceptors (Lipinski definition) is 4. The van der Waals surface area contributed by atoms with Gasteiger partial charge in [-0.05, 0) is 43.5 Å². The maximum atomic E-state index is 11.9. The monoisotopic (exact) mass is 292 g/mol. The van der Waals surface area contributed by atoms with E-state index in [-0.39, 0.29) is 5.91 Å². The molecule has 0 aromatic heterocycles. The Morgan fingerprint density at radius 1 is 1.38 bits per heavy atom. The Hall–Kier alpha value is -1.75. The van der Waals surface area contributed by atoms with Crippen molar-refractivity contribution in [1.29, 1.82) is 0 Å². The predicted molar refractivity (Wildman–Crippen MR) is 81.6 cm³/mol. The molecule has 0 saturated carbocycles. The number of ether oxygens (including phenoxy) is 2. The molecule has 1 fully saturated rings. The van der Waals surface area contributed by atoms with Crippen molar-refractivity contribution in [2.45, 2.75) is 19.8 Å². The van der Waals surface area contributed by atoms with Gasteiger partial charge in [0.25, 0.3) is 0 Å². The van der Waals surface area contributed by atoms with Crippen molar-refractivity contribution in [3.05, 3.63) is 23.8 Å². The van der Waals surface area contributed by atoms with Crippen molar-refractivity contribution < 1.29 is 14.3 Å². The van der Waals surface area contributed by atoms with Crippen LogP contribution >= 0.6 is 0 Å². The Bertz CT molecular complexity index is 490. The summed E-state index contributed by atoms with van der Waals surface area (Å²) >= 11 is 0. The number of methoxy groups -OCH3 is 1. The molecular weight excluding hydrogens is 268 g/mol. The molecule has 2 N–H and O–H groups in total. The van der Waals surface area contributed by atoms with E-state index in [1.54, 1.807) is 7.11 Å². The lowest BCUT2D eigenvalue weighted by atomic mass is 10.1. The smallest absolute Gasteiger partial charge is 0.222 e. The van der Waals surface area contributed by atoms with Crippen LogP contribution in [0.5, 0.6) is 11.5 Å². The Kier molecular flexibility index (Phi) is 5.44. The molecule has 5 heteroatoms. The fraction of sp³-hybridized carbons (Fsp3) is 0.562. The maximum Gasteiger partial charge on any atom is 0.222 e. The highest BCUT2D eigenvalue weighted by Crippen LogP contribution is 2.28. The van der Waals surface area contributed by atoms with Gasteiger partial charge in [0.05, 0.1) is 13.7 Å². The van der Waals surface area contributed by atoms with Crippen molar-refractivity contribution in [3.8, 4) is 11.5 Å². The molecule has 1 amide bonds. The molecule has 0 spiro atoms. The number of hydrogen-bond donors (Lipinski definition) is 1. The molecule has 1 aliphatic heterocycles. The van der Waals surface area contributed by atoms with Crippen LogP contribution in [-0.2, 0) is 11.2 Å². The molecule has 1 aliphatic rings. The van der Waals surface area contributed by atoms with E-state index in [9.17, 15) is 4.79 Å². The fourth-order valence-corrected chi connectivity index (χ4v) is 2.63. The molecule has 1 aromatic rings. The second-order valence-electron chi connectivity index (χ2n) is 5.31. The lowest BCUT2D eigenvalue weighted by molar-refractivity contribution is -0.127. The van der Waals surface area contributed by atoms with Crippen molar-refractivity contribution in [1.82, 2.24) is 4.90 Å². The average molecular weight is 292 g/mol. The topological polar surface area (TPSA) is 64.8 Å². The fourth-order valence-electron chi connectivity index (χ4n) is 2.63. The average Bonchev–Trinajstić information content (AvgIpc) is 2.87. The standard InChI is InChI=1S/C16H24N2O3/c1-3-21-14-5-4-12(8-15(14)20-2)6-7-18-11-13(10-17)9-16(18)19/h4-5,8,13H,3,6-7,9-11,17H2,1-2H3. The van der Waals surface area contributed by atoms with Gasteiger partial charge in [-0.15, -0.1) is 0 Å². The van der Waals surface area contributed by atoms with Gasteiger partial charge >= 0.3 is 0 Å². The summed E-state index contributed by atoms with van der Waals surface area (Å²) in [4.78, 5) is 13.8. The molecule has 0 bridgehead atoms. The van der Waals surface area contributed by atoms with Crippen molar-refractivity contribution in [3.63, 3.8) is 0 Å². The number of nitrogens with two attached hydrogens (primary N) is 1. The summed E-state index contributed by atoms with van der Waals surface area (Å²) in [6.07, 6.45) is 1.40. The van der Waals surface area contributed by atoms with E-state index in [4.69, 9.17) is 15.2 Å². The first-order valence-electron chi connectivity index (χ1n) is 7.45. The zero-order chi connectivity index (χ0) is 15.2. The third-order valence-corrected chi connectivity index (χ3v) is 3.83. The van der Waals surface area contributed by atoms with Gasteiger partial charge < -0.3 is 20.1 Å². The number of benzene rings is 1. The molecule has 1 unspecified atom stereocenters. The van der Waals surface area contributed by atoms with Gasteiger partial charge in [0, 0.05) is 19.5 Å². The Morgan fingerprint density at radius 3 is 2.81 bits per heavy atom. The minimum atomic E-state index is 0.211. The van der Waals surface area contributed by atoms with Crippen LogP contribution in [0.1, 0.15) is 18.9 Å². The molecule has 0 aliphatic carbocycles. The summed E-state index contributed by atoms with van der Waals surface area (Å²) < 4.78 is 10.8. The van der Waals surface area contributed by atoms with Crippen LogP contribution in [0.4, 0.5) is 0 Å². The molecule has 1 heterocycles. The lowest BCUT2D eigenvalue weighted by Gasteiger charge is -2.17. The summed E-state index contributed by atoms with van der Waals surface area (Å²) in [6.45, 7) is 4.65. The van der Waals surface area contributed by atoms with Crippen LogP contribution in [0.3, 0.4) is 0 Å². The minimum absolute atomic E-state index is 0.211. The molecule has 116 valence electrons. The van der Waals surface area contributed by atoms with Gasteiger partial charge in [-0.25, -0.2) is 0 Å². The normalized spacial score (nSPS) is 18.1. The lowest BCUT2D eigenvalue weighted by Crippen LogP contribution is -2.28. The van der Waals surface area contributed by atoms with Gasteiger partial charge in [-0.2, -0.15) is 0 Å². The summed E-state index contributed by atoms with van der Waals surface area (Å²) in [6, 6.07) is 5.92. The van der Waals surface area contributed by atoms with Gasteiger partial charge in [0.1, 0.15) is 0 Å². The van der Waals surface area contributed by atoms with Gasteiger partial charge in [-0.1, -0.05) is 6.07 Å². The van der Waals surface area contributed by atoms with Crippen LogP contribution in [-0.4, -0.2) is 44.2 Å². The zero-order valence-electron chi connectivity index (χ0n) is 12.8. The van der Waals surface area contributed by atoms with Crippen LogP contribution in [0.15, 0.2) is 18.2 Å². The SMILES string of the molecule is CCOc1ccc(CCN2CC(CN)CC2=O)cc1OC. The molecule has 1 atom stereocenters. The van der Waals surface area contributed by atoms with Crippen molar-refractivity contribution in [2.75, 3.05) is 33.4 Å².